The zero-order valence-electron chi connectivity index (χ0n) is 6.90. The Morgan fingerprint density at radius 1 is 1.54 bits per heavy atom. The molecule has 0 spiro atoms. The highest BCUT2D eigenvalue weighted by atomic mass is 16.5. The van der Waals surface area contributed by atoms with Gasteiger partial charge in [0.1, 0.15) is 6.61 Å². The van der Waals surface area contributed by atoms with Crippen LogP contribution in [0.3, 0.4) is 0 Å². The van der Waals surface area contributed by atoms with Gasteiger partial charge in [-0.2, -0.15) is 5.10 Å². The molecule has 0 fully saturated rings. The maximum absolute atomic E-state index is 8.57. The molecule has 0 unspecified atom stereocenters. The summed E-state index contributed by atoms with van der Waals surface area (Å²) in [4.78, 5) is 4.02. The fourth-order valence-corrected chi connectivity index (χ4v) is 1.10. The molecule has 5 heteroatoms. The van der Waals surface area contributed by atoms with Crippen LogP contribution in [0.15, 0.2) is 18.5 Å². The standard InChI is InChI=1S/C8H9N3O2/c12-3-4-13-8-6-5-10-11-7(6)1-2-9-8/h1-2,5,12H,3-4H2,(H,10,11). The van der Waals surface area contributed by atoms with E-state index >= 15 is 0 Å². The molecule has 0 aliphatic rings. The van der Waals surface area contributed by atoms with Crippen LogP contribution in [0.5, 0.6) is 5.88 Å². The van der Waals surface area contributed by atoms with E-state index in [1.54, 1.807) is 12.4 Å². The highest BCUT2D eigenvalue weighted by Crippen LogP contribution is 2.19. The van der Waals surface area contributed by atoms with Gasteiger partial charge in [-0.05, 0) is 6.07 Å². The molecule has 13 heavy (non-hydrogen) atoms. The number of pyridine rings is 1. The second-order valence-electron chi connectivity index (χ2n) is 2.52. The van der Waals surface area contributed by atoms with Crippen LogP contribution in [0.2, 0.25) is 0 Å². The second-order valence-corrected chi connectivity index (χ2v) is 2.52. The van der Waals surface area contributed by atoms with Crippen molar-refractivity contribution in [2.24, 2.45) is 0 Å². The summed E-state index contributed by atoms with van der Waals surface area (Å²) in [7, 11) is 0. The van der Waals surface area contributed by atoms with Crippen molar-refractivity contribution in [3.8, 4) is 5.88 Å². The highest BCUT2D eigenvalue weighted by Gasteiger charge is 2.03. The molecule has 5 nitrogen and oxygen atoms in total. The number of aliphatic hydroxyl groups is 1. The first kappa shape index (κ1) is 8.00. The number of hydrogen-bond donors (Lipinski definition) is 2. The van der Waals surface area contributed by atoms with E-state index in [1.807, 2.05) is 6.07 Å². The van der Waals surface area contributed by atoms with Crippen LogP contribution in [-0.2, 0) is 0 Å². The quantitative estimate of drug-likeness (QED) is 0.712. The smallest absolute Gasteiger partial charge is 0.224 e. The zero-order valence-corrected chi connectivity index (χ0v) is 6.90. The summed E-state index contributed by atoms with van der Waals surface area (Å²) in [6.45, 7) is 0.229. The average Bonchev–Trinajstić information content (AvgIpc) is 2.62. The molecule has 0 aromatic carbocycles. The molecule has 0 atom stereocenters. The largest absolute Gasteiger partial charge is 0.475 e. The first-order valence-corrected chi connectivity index (χ1v) is 3.93. The Balaban J connectivity index is 2.37. The minimum absolute atomic E-state index is 0.0179. The van der Waals surface area contributed by atoms with Crippen LogP contribution >= 0.6 is 0 Å². The first-order chi connectivity index (χ1) is 6.42. The number of ether oxygens (including phenoxy) is 1. The summed E-state index contributed by atoms with van der Waals surface area (Å²) in [5.41, 5.74) is 0.878. The summed E-state index contributed by atoms with van der Waals surface area (Å²) in [6, 6.07) is 1.81. The van der Waals surface area contributed by atoms with E-state index in [1.165, 1.54) is 0 Å². The predicted molar refractivity (Wildman–Crippen MR) is 46.5 cm³/mol. The van der Waals surface area contributed by atoms with Gasteiger partial charge < -0.3 is 9.84 Å². The molecule has 68 valence electrons. The third kappa shape index (κ3) is 1.46. The van der Waals surface area contributed by atoms with Crippen molar-refractivity contribution in [2.45, 2.75) is 0 Å². The van der Waals surface area contributed by atoms with Crippen LogP contribution in [0.25, 0.3) is 10.9 Å². The van der Waals surface area contributed by atoms with E-state index in [4.69, 9.17) is 9.84 Å². The first-order valence-electron chi connectivity index (χ1n) is 3.93. The van der Waals surface area contributed by atoms with Crippen molar-refractivity contribution >= 4 is 10.9 Å². The van der Waals surface area contributed by atoms with E-state index < -0.39 is 0 Å². The van der Waals surface area contributed by atoms with Crippen molar-refractivity contribution in [2.75, 3.05) is 13.2 Å². The maximum atomic E-state index is 8.57. The Hall–Kier alpha value is -1.62. The third-order valence-electron chi connectivity index (χ3n) is 1.66. The number of hydrogen-bond acceptors (Lipinski definition) is 4. The van der Waals surface area contributed by atoms with E-state index in [2.05, 4.69) is 15.2 Å². The van der Waals surface area contributed by atoms with Crippen LogP contribution in [-0.4, -0.2) is 33.5 Å². The van der Waals surface area contributed by atoms with Crippen molar-refractivity contribution in [3.63, 3.8) is 0 Å². The molecule has 2 aromatic heterocycles. The Bertz CT molecular complexity index is 399. The second kappa shape index (κ2) is 3.40. The molecule has 0 aliphatic carbocycles. The van der Waals surface area contributed by atoms with Crippen molar-refractivity contribution < 1.29 is 9.84 Å². The summed E-state index contributed by atoms with van der Waals surface area (Å²) in [5, 5.41) is 16.1. The van der Waals surface area contributed by atoms with Crippen LogP contribution < -0.4 is 4.74 Å². The van der Waals surface area contributed by atoms with E-state index in [9.17, 15) is 0 Å². The predicted octanol–water partition coefficient (Wildman–Crippen LogP) is 0.329. The van der Waals surface area contributed by atoms with Gasteiger partial charge in [-0.25, -0.2) is 4.98 Å². The zero-order chi connectivity index (χ0) is 9.10. The summed E-state index contributed by atoms with van der Waals surface area (Å²) < 4.78 is 5.21. The number of fused-ring (bicyclic) bond motifs is 1. The maximum Gasteiger partial charge on any atom is 0.224 e. The van der Waals surface area contributed by atoms with Gasteiger partial charge in [-0.3, -0.25) is 5.10 Å². The number of aromatic nitrogens is 3. The van der Waals surface area contributed by atoms with E-state index in [0.29, 0.717) is 5.88 Å². The lowest BCUT2D eigenvalue weighted by atomic mass is 10.3. The molecule has 2 heterocycles. The molecular formula is C8H9N3O2. The van der Waals surface area contributed by atoms with Gasteiger partial charge in [-0.1, -0.05) is 0 Å². The summed E-state index contributed by atoms with van der Waals surface area (Å²) in [6.07, 6.45) is 3.28. The molecule has 0 aliphatic heterocycles. The molecule has 0 radical (unpaired) electrons. The molecular weight excluding hydrogens is 170 g/mol. The number of nitrogens with one attached hydrogen (secondary N) is 1. The van der Waals surface area contributed by atoms with E-state index in [-0.39, 0.29) is 13.2 Å². The Morgan fingerprint density at radius 2 is 2.46 bits per heavy atom. The third-order valence-corrected chi connectivity index (χ3v) is 1.66. The lowest BCUT2D eigenvalue weighted by Gasteiger charge is -2.02. The Kier molecular flexibility index (Phi) is 2.09. The van der Waals surface area contributed by atoms with Gasteiger partial charge in [0.25, 0.3) is 0 Å². The SMILES string of the molecule is OCCOc1nccc2[nH]ncc12. The lowest BCUT2D eigenvalue weighted by Crippen LogP contribution is -2.02. The Morgan fingerprint density at radius 3 is 3.31 bits per heavy atom. The topological polar surface area (TPSA) is 71.0 Å². The van der Waals surface area contributed by atoms with Gasteiger partial charge >= 0.3 is 0 Å². The molecule has 2 aromatic rings. The fourth-order valence-electron chi connectivity index (χ4n) is 1.10. The number of nitrogens with zero attached hydrogens (tertiary/aromatic N) is 2. The lowest BCUT2D eigenvalue weighted by molar-refractivity contribution is 0.198. The van der Waals surface area contributed by atoms with E-state index in [0.717, 1.165) is 10.9 Å². The Labute approximate surface area is 74.4 Å². The number of aliphatic hydroxyl groups excluding tert-OH is 1. The summed E-state index contributed by atoms with van der Waals surface area (Å²) >= 11 is 0. The van der Waals surface area contributed by atoms with Gasteiger partial charge in [-0.15, -0.1) is 0 Å². The molecule has 0 saturated carbocycles. The number of aromatic amines is 1. The number of H-pyrrole nitrogens is 1. The monoisotopic (exact) mass is 179 g/mol. The van der Waals surface area contributed by atoms with Gasteiger partial charge in [0.15, 0.2) is 0 Å². The van der Waals surface area contributed by atoms with Crippen LogP contribution in [0.1, 0.15) is 0 Å². The molecule has 0 amide bonds. The highest BCUT2D eigenvalue weighted by molar-refractivity contribution is 5.82. The van der Waals surface area contributed by atoms with Crippen molar-refractivity contribution in [3.05, 3.63) is 18.5 Å². The molecule has 0 bridgehead atoms. The normalized spacial score (nSPS) is 10.5. The summed E-state index contributed by atoms with van der Waals surface area (Å²) in [5.74, 6) is 0.500. The van der Waals surface area contributed by atoms with Gasteiger partial charge in [0.05, 0.1) is 23.7 Å². The van der Waals surface area contributed by atoms with Gasteiger partial charge in [0.2, 0.25) is 5.88 Å². The fraction of sp³-hybridized carbons (Fsp3) is 0.250. The van der Waals surface area contributed by atoms with Crippen molar-refractivity contribution in [1.82, 2.24) is 15.2 Å². The van der Waals surface area contributed by atoms with Crippen LogP contribution in [0.4, 0.5) is 0 Å². The minimum atomic E-state index is -0.0179. The average molecular weight is 179 g/mol. The van der Waals surface area contributed by atoms with Crippen LogP contribution in [0, 0.1) is 0 Å². The number of rotatable bonds is 3. The molecule has 0 saturated heterocycles. The van der Waals surface area contributed by atoms with Gasteiger partial charge in [0, 0.05) is 6.20 Å². The van der Waals surface area contributed by atoms with Crippen molar-refractivity contribution in [1.29, 1.82) is 0 Å². The molecule has 2 rings (SSSR count). The minimum Gasteiger partial charge on any atom is -0.475 e. The molecule has 2 N–H and O–H groups in total.